The van der Waals surface area contributed by atoms with Gasteiger partial charge in [-0.1, -0.05) is 48.5 Å². The van der Waals surface area contributed by atoms with E-state index in [0.717, 1.165) is 51.9 Å². The average Bonchev–Trinajstić information content (AvgIpc) is 3.34. The number of para-hydroxylation sites is 1. The molecule has 6 heteroatoms. The minimum Gasteiger partial charge on any atom is -0.365 e. The van der Waals surface area contributed by atoms with Gasteiger partial charge >= 0.3 is 0 Å². The molecular weight excluding hydrogens is 394 g/mol. The molecule has 0 atom stereocenters. The summed E-state index contributed by atoms with van der Waals surface area (Å²) < 4.78 is 0. The van der Waals surface area contributed by atoms with E-state index in [2.05, 4.69) is 5.32 Å². The van der Waals surface area contributed by atoms with E-state index in [-0.39, 0.29) is 5.91 Å². The van der Waals surface area contributed by atoms with Crippen LogP contribution in [-0.2, 0) is 12.8 Å². The number of benzene rings is 2. The van der Waals surface area contributed by atoms with Crippen molar-refractivity contribution < 1.29 is 9.59 Å². The second-order valence-corrected chi connectivity index (χ2v) is 8.42. The van der Waals surface area contributed by atoms with E-state index in [0.29, 0.717) is 16.1 Å². The standard InChI is InChI=1S/C24H19N3O2S/c25-22(28)21-16-10-6-12-20(16)30-24(21)27-23(29)17-13-19(14-7-2-1-3-8-14)26-18-11-5-4-9-15(17)18/h1-5,7-9,11,13H,6,10,12H2,(H2,25,28)(H,27,29). The number of aromatic nitrogens is 1. The minimum atomic E-state index is -0.491. The number of rotatable bonds is 4. The molecule has 0 aliphatic heterocycles. The molecule has 4 aromatic rings. The largest absolute Gasteiger partial charge is 0.365 e. The number of hydrogen-bond donors (Lipinski definition) is 2. The Balaban J connectivity index is 1.60. The first-order valence-electron chi connectivity index (χ1n) is 9.82. The van der Waals surface area contributed by atoms with E-state index in [1.165, 1.54) is 11.3 Å². The molecule has 0 radical (unpaired) electrons. The van der Waals surface area contributed by atoms with Crippen molar-refractivity contribution in [1.29, 1.82) is 0 Å². The number of nitrogens with zero attached hydrogens (tertiary/aromatic N) is 1. The number of fused-ring (bicyclic) bond motifs is 2. The van der Waals surface area contributed by atoms with Crippen LogP contribution < -0.4 is 11.1 Å². The molecule has 5 rings (SSSR count). The van der Waals surface area contributed by atoms with Crippen LogP contribution in [-0.4, -0.2) is 16.8 Å². The summed E-state index contributed by atoms with van der Waals surface area (Å²) >= 11 is 1.46. The van der Waals surface area contributed by atoms with E-state index >= 15 is 0 Å². The summed E-state index contributed by atoms with van der Waals surface area (Å²) in [7, 11) is 0. The molecule has 0 unspecified atom stereocenters. The molecule has 0 saturated carbocycles. The number of hydrogen-bond acceptors (Lipinski definition) is 4. The van der Waals surface area contributed by atoms with Crippen molar-refractivity contribution in [2.75, 3.05) is 5.32 Å². The fraction of sp³-hybridized carbons (Fsp3) is 0.125. The topological polar surface area (TPSA) is 85.1 Å². The summed E-state index contributed by atoms with van der Waals surface area (Å²) in [5.74, 6) is -0.762. The van der Waals surface area contributed by atoms with Crippen LogP contribution in [0.25, 0.3) is 22.2 Å². The minimum absolute atomic E-state index is 0.270. The Labute approximate surface area is 177 Å². The van der Waals surface area contributed by atoms with Gasteiger partial charge in [0.15, 0.2) is 0 Å². The van der Waals surface area contributed by atoms with Crippen LogP contribution in [0.4, 0.5) is 5.00 Å². The van der Waals surface area contributed by atoms with Gasteiger partial charge in [-0.05, 0) is 37.0 Å². The lowest BCUT2D eigenvalue weighted by molar-refractivity contribution is 0.100. The third kappa shape index (κ3) is 3.15. The van der Waals surface area contributed by atoms with Gasteiger partial charge in [-0.2, -0.15) is 0 Å². The van der Waals surface area contributed by atoms with Gasteiger partial charge in [-0.15, -0.1) is 11.3 Å². The van der Waals surface area contributed by atoms with Crippen LogP contribution in [0.15, 0.2) is 60.7 Å². The first-order chi connectivity index (χ1) is 14.6. The maximum atomic E-state index is 13.3. The maximum Gasteiger partial charge on any atom is 0.257 e. The molecule has 5 nitrogen and oxygen atoms in total. The first-order valence-corrected chi connectivity index (χ1v) is 10.6. The van der Waals surface area contributed by atoms with Gasteiger partial charge in [0.2, 0.25) is 0 Å². The fourth-order valence-electron chi connectivity index (χ4n) is 4.04. The number of nitrogens with two attached hydrogens (primary N) is 1. The van der Waals surface area contributed by atoms with Crippen molar-refractivity contribution in [1.82, 2.24) is 4.98 Å². The van der Waals surface area contributed by atoms with Crippen LogP contribution in [0.3, 0.4) is 0 Å². The van der Waals surface area contributed by atoms with E-state index in [4.69, 9.17) is 10.7 Å². The highest BCUT2D eigenvalue weighted by Gasteiger charge is 2.26. The molecule has 0 fully saturated rings. The number of thiophene rings is 1. The molecule has 1 aliphatic carbocycles. The van der Waals surface area contributed by atoms with E-state index in [1.807, 2.05) is 54.6 Å². The molecule has 30 heavy (non-hydrogen) atoms. The van der Waals surface area contributed by atoms with Gasteiger partial charge in [0.05, 0.1) is 22.3 Å². The summed E-state index contributed by atoms with van der Waals surface area (Å²) in [6.45, 7) is 0. The Kier molecular flexibility index (Phi) is 4.56. The molecule has 2 heterocycles. The molecule has 0 bridgehead atoms. The van der Waals surface area contributed by atoms with Crippen molar-refractivity contribution in [3.8, 4) is 11.3 Å². The third-order valence-electron chi connectivity index (χ3n) is 5.43. The van der Waals surface area contributed by atoms with Crippen molar-refractivity contribution in [2.45, 2.75) is 19.3 Å². The Morgan fingerprint density at radius 2 is 1.77 bits per heavy atom. The van der Waals surface area contributed by atoms with Crippen LogP contribution >= 0.6 is 11.3 Å². The second-order valence-electron chi connectivity index (χ2n) is 7.32. The lowest BCUT2D eigenvalue weighted by atomic mass is 10.0. The van der Waals surface area contributed by atoms with Crippen LogP contribution in [0.2, 0.25) is 0 Å². The quantitative estimate of drug-likeness (QED) is 0.504. The predicted molar refractivity (Wildman–Crippen MR) is 120 cm³/mol. The zero-order valence-corrected chi connectivity index (χ0v) is 17.0. The number of anilines is 1. The number of amides is 2. The zero-order chi connectivity index (χ0) is 20.7. The van der Waals surface area contributed by atoms with E-state index in [1.54, 1.807) is 6.07 Å². The van der Waals surface area contributed by atoms with Crippen LogP contribution in [0, 0.1) is 0 Å². The Morgan fingerprint density at radius 1 is 1.00 bits per heavy atom. The third-order valence-corrected chi connectivity index (χ3v) is 6.63. The summed E-state index contributed by atoms with van der Waals surface area (Å²) in [5.41, 5.74) is 10.0. The Morgan fingerprint density at radius 3 is 2.57 bits per heavy atom. The van der Waals surface area contributed by atoms with Crippen molar-refractivity contribution in [3.63, 3.8) is 0 Å². The molecule has 148 valence electrons. The van der Waals surface area contributed by atoms with E-state index in [9.17, 15) is 9.59 Å². The number of primary amides is 1. The van der Waals surface area contributed by atoms with Crippen molar-refractivity contribution >= 4 is 39.1 Å². The fourth-order valence-corrected chi connectivity index (χ4v) is 5.33. The summed E-state index contributed by atoms with van der Waals surface area (Å²) in [6.07, 6.45) is 2.77. The molecule has 0 saturated heterocycles. The highest BCUT2D eigenvalue weighted by Crippen LogP contribution is 2.39. The molecule has 1 aliphatic rings. The summed E-state index contributed by atoms with van der Waals surface area (Å²) in [5, 5.41) is 4.26. The summed E-state index contributed by atoms with van der Waals surface area (Å²) in [6, 6.07) is 19.1. The Hall–Kier alpha value is -3.51. The Bertz CT molecular complexity index is 1290. The average molecular weight is 414 g/mol. The second kappa shape index (κ2) is 7.39. The molecule has 2 aromatic carbocycles. The monoisotopic (exact) mass is 413 g/mol. The van der Waals surface area contributed by atoms with Gasteiger partial charge in [0, 0.05) is 15.8 Å². The SMILES string of the molecule is NC(=O)c1c(NC(=O)c2cc(-c3ccccc3)nc3ccccc23)sc2c1CCC2. The lowest BCUT2D eigenvalue weighted by Gasteiger charge is -2.11. The van der Waals surface area contributed by atoms with Crippen LogP contribution in [0.5, 0.6) is 0 Å². The zero-order valence-electron chi connectivity index (χ0n) is 16.1. The van der Waals surface area contributed by atoms with Crippen molar-refractivity contribution in [3.05, 3.63) is 82.2 Å². The number of carbonyl (C=O) groups excluding carboxylic acids is 2. The normalized spacial score (nSPS) is 12.7. The first kappa shape index (κ1) is 18.5. The summed E-state index contributed by atoms with van der Waals surface area (Å²) in [4.78, 5) is 31.3. The van der Waals surface area contributed by atoms with Gasteiger partial charge in [0.25, 0.3) is 11.8 Å². The lowest BCUT2D eigenvalue weighted by Crippen LogP contribution is -2.18. The van der Waals surface area contributed by atoms with Crippen LogP contribution in [0.1, 0.15) is 37.6 Å². The van der Waals surface area contributed by atoms with Gasteiger partial charge in [0.1, 0.15) is 5.00 Å². The van der Waals surface area contributed by atoms with Gasteiger partial charge in [-0.3, -0.25) is 9.59 Å². The molecule has 0 spiro atoms. The molecule has 2 amide bonds. The number of nitrogens with one attached hydrogen (secondary N) is 1. The van der Waals surface area contributed by atoms with Crippen molar-refractivity contribution in [2.24, 2.45) is 5.73 Å². The van der Waals surface area contributed by atoms with Gasteiger partial charge < -0.3 is 11.1 Å². The van der Waals surface area contributed by atoms with E-state index < -0.39 is 5.91 Å². The maximum absolute atomic E-state index is 13.3. The molecular formula is C24H19N3O2S. The number of carbonyl (C=O) groups is 2. The molecule has 3 N–H and O–H groups in total. The predicted octanol–water partition coefficient (Wildman–Crippen LogP) is 4.80. The highest BCUT2D eigenvalue weighted by molar-refractivity contribution is 7.17. The van der Waals surface area contributed by atoms with Gasteiger partial charge in [-0.25, -0.2) is 4.98 Å². The number of pyridine rings is 1. The molecule has 2 aromatic heterocycles. The smallest absolute Gasteiger partial charge is 0.257 e. The highest BCUT2D eigenvalue weighted by atomic mass is 32.1. The number of aryl methyl sites for hydroxylation is 1.